The Morgan fingerprint density at radius 1 is 1.10 bits per heavy atom. The van der Waals surface area contributed by atoms with Gasteiger partial charge in [0, 0.05) is 17.8 Å². The van der Waals surface area contributed by atoms with Gasteiger partial charge in [0.1, 0.15) is 5.75 Å². The minimum absolute atomic E-state index is 0.0102. The Bertz CT molecular complexity index is 610. The summed E-state index contributed by atoms with van der Waals surface area (Å²) in [5, 5.41) is 4.80. The van der Waals surface area contributed by atoms with E-state index in [1.54, 1.807) is 20.2 Å². The highest BCUT2D eigenvalue weighted by Gasteiger charge is 2.28. The van der Waals surface area contributed by atoms with Gasteiger partial charge in [-0.3, -0.25) is 0 Å². The fourth-order valence-corrected chi connectivity index (χ4v) is 2.54. The largest absolute Gasteiger partial charge is 0.496 e. The molecule has 0 aromatic heterocycles. The van der Waals surface area contributed by atoms with Crippen LogP contribution in [0.3, 0.4) is 0 Å². The third-order valence-electron chi connectivity index (χ3n) is 3.58. The summed E-state index contributed by atoms with van der Waals surface area (Å²) in [5.41, 5.74) is 0.859. The van der Waals surface area contributed by atoms with Gasteiger partial charge in [0.2, 0.25) is 0 Å². The predicted octanol–water partition coefficient (Wildman–Crippen LogP) is 4.45. The molecule has 2 nitrogen and oxygen atoms in total. The third-order valence-corrected chi connectivity index (χ3v) is 3.58. The molecule has 1 atom stereocenters. The highest BCUT2D eigenvalue weighted by Crippen LogP contribution is 2.34. The minimum atomic E-state index is -4.14. The van der Waals surface area contributed by atoms with Gasteiger partial charge in [0.25, 0.3) is 0 Å². The van der Waals surface area contributed by atoms with E-state index in [-0.39, 0.29) is 12.5 Å². The average Bonchev–Trinajstić information content (AvgIpc) is 2.46. The maximum absolute atomic E-state index is 12.5. The van der Waals surface area contributed by atoms with Crippen molar-refractivity contribution in [3.8, 4) is 5.75 Å². The molecule has 1 N–H and O–H groups in total. The Hall–Kier alpha value is -1.75. The SMILES string of the molecule is CNC(CCC(F)(F)F)c1ccc(OC)c2ccccc12. The molecule has 2 aromatic carbocycles. The fourth-order valence-electron chi connectivity index (χ4n) is 2.54. The van der Waals surface area contributed by atoms with E-state index >= 15 is 0 Å². The molecular weight excluding hydrogens is 279 g/mol. The number of benzene rings is 2. The molecule has 0 amide bonds. The lowest BCUT2D eigenvalue weighted by atomic mass is 9.95. The van der Waals surface area contributed by atoms with E-state index < -0.39 is 12.6 Å². The first-order valence-electron chi connectivity index (χ1n) is 6.76. The topological polar surface area (TPSA) is 21.3 Å². The molecular formula is C16H18F3NO. The van der Waals surface area contributed by atoms with Crippen LogP contribution in [0.15, 0.2) is 36.4 Å². The highest BCUT2D eigenvalue weighted by molar-refractivity contribution is 5.91. The molecule has 0 spiro atoms. The summed E-state index contributed by atoms with van der Waals surface area (Å²) >= 11 is 0. The minimum Gasteiger partial charge on any atom is -0.496 e. The Kier molecular flexibility index (Phi) is 4.73. The van der Waals surface area contributed by atoms with E-state index in [2.05, 4.69) is 5.32 Å². The standard InChI is InChI=1S/C16H18F3NO/c1-20-14(9-10-16(17,18)19)12-7-8-15(21-2)13-6-4-3-5-11(12)13/h3-8,14,20H,9-10H2,1-2H3. The Morgan fingerprint density at radius 2 is 1.76 bits per heavy atom. The van der Waals surface area contributed by atoms with Crippen LogP contribution in [0.4, 0.5) is 13.2 Å². The second-order valence-corrected chi connectivity index (χ2v) is 4.90. The summed E-state index contributed by atoms with van der Waals surface area (Å²) < 4.78 is 42.7. The van der Waals surface area contributed by atoms with Crippen LogP contribution in [0.5, 0.6) is 5.75 Å². The lowest BCUT2D eigenvalue weighted by molar-refractivity contribution is -0.136. The van der Waals surface area contributed by atoms with Gasteiger partial charge in [0.15, 0.2) is 0 Å². The van der Waals surface area contributed by atoms with E-state index in [0.29, 0.717) is 0 Å². The summed E-state index contributed by atoms with van der Waals surface area (Å²) in [5.74, 6) is 0.722. The van der Waals surface area contributed by atoms with Crippen molar-refractivity contribution in [3.05, 3.63) is 42.0 Å². The molecule has 0 fully saturated rings. The Morgan fingerprint density at radius 3 is 2.33 bits per heavy atom. The van der Waals surface area contributed by atoms with E-state index in [9.17, 15) is 13.2 Å². The number of methoxy groups -OCH3 is 1. The van der Waals surface area contributed by atoms with Gasteiger partial charge in [-0.05, 0) is 30.5 Å². The molecule has 21 heavy (non-hydrogen) atoms. The number of ether oxygens (including phenoxy) is 1. The zero-order valence-corrected chi connectivity index (χ0v) is 12.0. The van der Waals surface area contributed by atoms with Crippen molar-refractivity contribution in [2.45, 2.75) is 25.1 Å². The number of fused-ring (bicyclic) bond motifs is 1. The molecule has 0 aliphatic carbocycles. The smallest absolute Gasteiger partial charge is 0.389 e. The van der Waals surface area contributed by atoms with E-state index in [0.717, 1.165) is 22.1 Å². The van der Waals surface area contributed by atoms with Crippen molar-refractivity contribution in [1.82, 2.24) is 5.32 Å². The quantitative estimate of drug-likeness (QED) is 0.880. The van der Waals surface area contributed by atoms with Crippen LogP contribution in [0.1, 0.15) is 24.4 Å². The zero-order valence-electron chi connectivity index (χ0n) is 12.0. The number of alkyl halides is 3. The molecule has 0 radical (unpaired) electrons. The summed E-state index contributed by atoms with van der Waals surface area (Å²) in [6, 6.07) is 10.9. The summed E-state index contributed by atoms with van der Waals surface area (Å²) in [6.45, 7) is 0. The molecule has 0 aliphatic rings. The van der Waals surface area contributed by atoms with Crippen molar-refractivity contribution >= 4 is 10.8 Å². The highest BCUT2D eigenvalue weighted by atomic mass is 19.4. The second-order valence-electron chi connectivity index (χ2n) is 4.90. The number of nitrogens with one attached hydrogen (secondary N) is 1. The first kappa shape index (κ1) is 15.6. The lowest BCUT2D eigenvalue weighted by Gasteiger charge is -2.20. The monoisotopic (exact) mass is 297 g/mol. The van der Waals surface area contributed by atoms with Gasteiger partial charge in [-0.1, -0.05) is 30.3 Å². The third kappa shape index (κ3) is 3.67. The molecule has 0 saturated carbocycles. The van der Waals surface area contributed by atoms with E-state index in [1.165, 1.54) is 0 Å². The van der Waals surface area contributed by atoms with Crippen LogP contribution in [0.25, 0.3) is 10.8 Å². The van der Waals surface area contributed by atoms with Crippen LogP contribution >= 0.6 is 0 Å². The van der Waals surface area contributed by atoms with Crippen LogP contribution < -0.4 is 10.1 Å². The fraction of sp³-hybridized carbons (Fsp3) is 0.375. The van der Waals surface area contributed by atoms with Gasteiger partial charge in [0.05, 0.1) is 7.11 Å². The maximum Gasteiger partial charge on any atom is 0.389 e. The van der Waals surface area contributed by atoms with Crippen molar-refractivity contribution < 1.29 is 17.9 Å². The van der Waals surface area contributed by atoms with Gasteiger partial charge >= 0.3 is 6.18 Å². The maximum atomic E-state index is 12.5. The molecule has 0 saturated heterocycles. The van der Waals surface area contributed by atoms with Gasteiger partial charge < -0.3 is 10.1 Å². The molecule has 2 rings (SSSR count). The first-order valence-corrected chi connectivity index (χ1v) is 6.76. The van der Waals surface area contributed by atoms with E-state index in [4.69, 9.17) is 4.74 Å². The summed E-state index contributed by atoms with van der Waals surface area (Å²) in [6.07, 6.45) is -4.94. The molecule has 114 valence electrons. The van der Waals surface area contributed by atoms with Crippen molar-refractivity contribution in [3.63, 3.8) is 0 Å². The molecule has 1 unspecified atom stereocenters. The zero-order chi connectivity index (χ0) is 15.5. The predicted molar refractivity (Wildman–Crippen MR) is 77.6 cm³/mol. The lowest BCUT2D eigenvalue weighted by Crippen LogP contribution is -2.20. The number of hydrogen-bond acceptors (Lipinski definition) is 2. The van der Waals surface area contributed by atoms with Gasteiger partial charge in [-0.25, -0.2) is 0 Å². The number of rotatable bonds is 5. The second kappa shape index (κ2) is 6.35. The van der Waals surface area contributed by atoms with Crippen LogP contribution in [0.2, 0.25) is 0 Å². The van der Waals surface area contributed by atoms with Crippen LogP contribution in [0, 0.1) is 0 Å². The molecule has 0 aliphatic heterocycles. The van der Waals surface area contributed by atoms with Gasteiger partial charge in [-0.2, -0.15) is 13.2 Å². The summed E-state index contributed by atoms with van der Waals surface area (Å²) in [7, 11) is 3.26. The normalized spacial score (nSPS) is 13.4. The van der Waals surface area contributed by atoms with E-state index in [1.807, 2.05) is 30.3 Å². The first-order chi connectivity index (χ1) is 9.96. The van der Waals surface area contributed by atoms with Gasteiger partial charge in [-0.15, -0.1) is 0 Å². The molecule has 5 heteroatoms. The molecule has 2 aromatic rings. The number of hydrogen-bond donors (Lipinski definition) is 1. The average molecular weight is 297 g/mol. The Balaban J connectivity index is 2.40. The van der Waals surface area contributed by atoms with Crippen molar-refractivity contribution in [1.29, 1.82) is 0 Å². The van der Waals surface area contributed by atoms with Crippen molar-refractivity contribution in [2.75, 3.05) is 14.2 Å². The molecule has 0 bridgehead atoms. The summed E-state index contributed by atoms with van der Waals surface area (Å²) in [4.78, 5) is 0. The molecule has 0 heterocycles. The van der Waals surface area contributed by atoms with Crippen LogP contribution in [-0.2, 0) is 0 Å². The Labute approximate surface area is 121 Å². The van der Waals surface area contributed by atoms with Crippen LogP contribution in [-0.4, -0.2) is 20.3 Å². The number of halogens is 3. The van der Waals surface area contributed by atoms with Crippen molar-refractivity contribution in [2.24, 2.45) is 0 Å².